The molecule has 0 aromatic heterocycles. The molecule has 0 heterocycles. The van der Waals surface area contributed by atoms with E-state index in [1.54, 1.807) is 19.1 Å². The maximum atomic E-state index is 10.8. The van der Waals surface area contributed by atoms with Crippen LogP contribution in [0.15, 0.2) is 48.5 Å². The summed E-state index contributed by atoms with van der Waals surface area (Å²) in [5.74, 6) is 0. The summed E-state index contributed by atoms with van der Waals surface area (Å²) in [4.78, 5) is 10.4. The molecule has 0 bridgehead atoms. The number of nitro benzene ring substituents is 1. The van der Waals surface area contributed by atoms with E-state index in [9.17, 15) is 10.1 Å². The van der Waals surface area contributed by atoms with Gasteiger partial charge in [0.2, 0.25) is 0 Å². The highest BCUT2D eigenvalue weighted by atomic mass is 16.6. The van der Waals surface area contributed by atoms with Crippen LogP contribution in [-0.2, 0) is 6.42 Å². The van der Waals surface area contributed by atoms with Crippen LogP contribution in [0.5, 0.6) is 0 Å². The number of benzene rings is 2. The van der Waals surface area contributed by atoms with Gasteiger partial charge in [0.1, 0.15) is 0 Å². The highest BCUT2D eigenvalue weighted by Crippen LogP contribution is 2.22. The first-order valence-corrected chi connectivity index (χ1v) is 6.12. The molecule has 2 aromatic carbocycles. The highest BCUT2D eigenvalue weighted by molar-refractivity contribution is 5.42. The van der Waals surface area contributed by atoms with Gasteiger partial charge in [0.25, 0.3) is 5.69 Å². The third kappa shape index (κ3) is 3.17. The van der Waals surface area contributed by atoms with Crippen molar-refractivity contribution in [2.75, 3.05) is 0 Å². The first kappa shape index (κ1) is 13.2. The highest BCUT2D eigenvalue weighted by Gasteiger charge is 2.12. The van der Waals surface area contributed by atoms with Crippen molar-refractivity contribution in [1.29, 1.82) is 0 Å². The molecule has 2 rings (SSSR count). The second kappa shape index (κ2) is 5.63. The number of aryl methyl sites for hydroxylation is 1. The lowest BCUT2D eigenvalue weighted by Crippen LogP contribution is -2.13. The molecule has 0 aliphatic rings. The monoisotopic (exact) mass is 256 g/mol. The Balaban J connectivity index is 2.16. The van der Waals surface area contributed by atoms with Gasteiger partial charge >= 0.3 is 0 Å². The third-order valence-corrected chi connectivity index (χ3v) is 3.14. The van der Waals surface area contributed by atoms with E-state index in [1.165, 1.54) is 0 Å². The lowest BCUT2D eigenvalue weighted by atomic mass is 9.98. The summed E-state index contributed by atoms with van der Waals surface area (Å²) in [6, 6.07) is 14.9. The predicted octanol–water partition coefficient (Wildman–Crippen LogP) is 3.15. The van der Waals surface area contributed by atoms with E-state index in [1.807, 2.05) is 36.4 Å². The van der Waals surface area contributed by atoms with Crippen molar-refractivity contribution in [3.05, 3.63) is 75.3 Å². The van der Waals surface area contributed by atoms with Crippen LogP contribution in [0.25, 0.3) is 0 Å². The Kier molecular flexibility index (Phi) is 3.92. The van der Waals surface area contributed by atoms with Crippen molar-refractivity contribution in [3.63, 3.8) is 0 Å². The molecule has 0 saturated carbocycles. The molecule has 0 saturated heterocycles. The van der Waals surface area contributed by atoms with Gasteiger partial charge in [-0.3, -0.25) is 10.1 Å². The summed E-state index contributed by atoms with van der Waals surface area (Å²) in [6.07, 6.45) is 0.669. The van der Waals surface area contributed by atoms with Crippen LogP contribution in [0.1, 0.15) is 22.7 Å². The average molecular weight is 256 g/mol. The molecule has 0 radical (unpaired) electrons. The summed E-state index contributed by atoms with van der Waals surface area (Å²) in [5.41, 5.74) is 9.04. The maximum Gasteiger partial charge on any atom is 0.272 e. The molecule has 1 atom stereocenters. The molecule has 0 fully saturated rings. The standard InChI is InChI=1S/C15H16N2O2/c1-11-9-12(7-8-15(11)17(18)19)10-14(16)13-5-3-2-4-6-13/h2-9,14H,10,16H2,1H3. The van der Waals surface area contributed by atoms with E-state index in [2.05, 4.69) is 0 Å². The zero-order valence-corrected chi connectivity index (χ0v) is 10.7. The normalized spacial score (nSPS) is 12.1. The number of hydrogen-bond acceptors (Lipinski definition) is 3. The number of rotatable bonds is 4. The van der Waals surface area contributed by atoms with Gasteiger partial charge in [-0.05, 0) is 30.5 Å². The van der Waals surface area contributed by atoms with Gasteiger partial charge in [-0.25, -0.2) is 0 Å². The summed E-state index contributed by atoms with van der Waals surface area (Å²) >= 11 is 0. The van der Waals surface area contributed by atoms with E-state index in [0.29, 0.717) is 12.0 Å². The van der Waals surface area contributed by atoms with Crippen LogP contribution < -0.4 is 5.73 Å². The molecular weight excluding hydrogens is 240 g/mol. The van der Waals surface area contributed by atoms with Crippen molar-refractivity contribution in [3.8, 4) is 0 Å². The number of nitro groups is 1. The Morgan fingerprint density at radius 3 is 2.47 bits per heavy atom. The topological polar surface area (TPSA) is 69.2 Å². The fraction of sp³-hybridized carbons (Fsp3) is 0.200. The summed E-state index contributed by atoms with van der Waals surface area (Å²) < 4.78 is 0. The van der Waals surface area contributed by atoms with Crippen LogP contribution in [0.2, 0.25) is 0 Å². The average Bonchev–Trinajstić information content (AvgIpc) is 2.39. The van der Waals surface area contributed by atoms with Crippen molar-refractivity contribution in [1.82, 2.24) is 0 Å². The minimum absolute atomic E-state index is 0.0953. The first-order valence-electron chi connectivity index (χ1n) is 6.12. The molecular formula is C15H16N2O2. The van der Waals surface area contributed by atoms with Gasteiger partial charge in [0.15, 0.2) is 0 Å². The second-order valence-electron chi connectivity index (χ2n) is 4.60. The Bertz CT molecular complexity index is 582. The Morgan fingerprint density at radius 2 is 1.89 bits per heavy atom. The SMILES string of the molecule is Cc1cc(CC(N)c2ccccc2)ccc1[N+](=O)[O-]. The minimum atomic E-state index is -0.365. The van der Waals surface area contributed by atoms with Crippen LogP contribution in [-0.4, -0.2) is 4.92 Å². The van der Waals surface area contributed by atoms with E-state index in [4.69, 9.17) is 5.73 Å². The maximum absolute atomic E-state index is 10.8. The molecule has 0 aliphatic carbocycles. The zero-order chi connectivity index (χ0) is 13.8. The molecule has 2 N–H and O–H groups in total. The lowest BCUT2D eigenvalue weighted by molar-refractivity contribution is -0.385. The van der Waals surface area contributed by atoms with Gasteiger partial charge < -0.3 is 5.73 Å². The minimum Gasteiger partial charge on any atom is -0.324 e. The molecule has 4 heteroatoms. The van der Waals surface area contributed by atoms with Crippen LogP contribution >= 0.6 is 0 Å². The molecule has 2 aromatic rings. The van der Waals surface area contributed by atoms with E-state index < -0.39 is 0 Å². The number of nitrogens with two attached hydrogens (primary N) is 1. The summed E-state index contributed by atoms with van der Waals surface area (Å²) in [5, 5.41) is 10.8. The third-order valence-electron chi connectivity index (χ3n) is 3.14. The molecule has 0 aliphatic heterocycles. The van der Waals surface area contributed by atoms with Gasteiger partial charge in [0.05, 0.1) is 4.92 Å². The van der Waals surface area contributed by atoms with Crippen molar-refractivity contribution >= 4 is 5.69 Å². The summed E-state index contributed by atoms with van der Waals surface area (Å²) in [6.45, 7) is 1.75. The zero-order valence-electron chi connectivity index (χ0n) is 10.7. The second-order valence-corrected chi connectivity index (χ2v) is 4.60. The van der Waals surface area contributed by atoms with E-state index in [-0.39, 0.29) is 16.7 Å². The Hall–Kier alpha value is -2.20. The van der Waals surface area contributed by atoms with Crippen LogP contribution in [0.4, 0.5) is 5.69 Å². The predicted molar refractivity (Wildman–Crippen MR) is 74.9 cm³/mol. The summed E-state index contributed by atoms with van der Waals surface area (Å²) in [7, 11) is 0. The molecule has 98 valence electrons. The molecule has 1 unspecified atom stereocenters. The van der Waals surface area contributed by atoms with Crippen molar-refractivity contribution in [2.24, 2.45) is 5.73 Å². The van der Waals surface area contributed by atoms with E-state index in [0.717, 1.165) is 11.1 Å². The van der Waals surface area contributed by atoms with Crippen molar-refractivity contribution < 1.29 is 4.92 Å². The molecule has 0 amide bonds. The largest absolute Gasteiger partial charge is 0.324 e. The first-order chi connectivity index (χ1) is 9.08. The van der Waals surface area contributed by atoms with Crippen molar-refractivity contribution in [2.45, 2.75) is 19.4 Å². The molecule has 4 nitrogen and oxygen atoms in total. The fourth-order valence-corrected chi connectivity index (χ4v) is 2.12. The smallest absolute Gasteiger partial charge is 0.272 e. The number of hydrogen-bond donors (Lipinski definition) is 1. The quantitative estimate of drug-likeness (QED) is 0.674. The van der Waals surface area contributed by atoms with Gasteiger partial charge in [-0.2, -0.15) is 0 Å². The Morgan fingerprint density at radius 1 is 1.21 bits per heavy atom. The Labute approximate surface area is 112 Å². The fourth-order valence-electron chi connectivity index (χ4n) is 2.12. The van der Waals surface area contributed by atoms with Gasteiger partial charge in [0, 0.05) is 17.7 Å². The molecule has 0 spiro atoms. The number of nitrogens with zero attached hydrogens (tertiary/aromatic N) is 1. The van der Waals surface area contributed by atoms with Gasteiger partial charge in [-0.1, -0.05) is 36.4 Å². The lowest BCUT2D eigenvalue weighted by Gasteiger charge is -2.12. The van der Waals surface area contributed by atoms with Gasteiger partial charge in [-0.15, -0.1) is 0 Å². The van der Waals surface area contributed by atoms with Crippen LogP contribution in [0, 0.1) is 17.0 Å². The van der Waals surface area contributed by atoms with E-state index >= 15 is 0 Å². The molecule has 19 heavy (non-hydrogen) atoms. The van der Waals surface area contributed by atoms with Crippen LogP contribution in [0.3, 0.4) is 0 Å².